The van der Waals surface area contributed by atoms with Crippen LogP contribution in [0.3, 0.4) is 0 Å². The van der Waals surface area contributed by atoms with Gasteiger partial charge >= 0.3 is 0 Å². The molecular weight excluding hydrogens is 304 g/mol. The van der Waals surface area contributed by atoms with E-state index in [4.69, 9.17) is 4.74 Å². The van der Waals surface area contributed by atoms with E-state index in [9.17, 15) is 9.59 Å². The van der Waals surface area contributed by atoms with Crippen molar-refractivity contribution >= 4 is 11.8 Å². The molecule has 1 N–H and O–H groups in total. The third-order valence-electron chi connectivity index (χ3n) is 4.32. The van der Waals surface area contributed by atoms with Crippen LogP contribution < -0.4 is 10.1 Å². The molecule has 132 valence electrons. The van der Waals surface area contributed by atoms with Crippen LogP contribution in [0.5, 0.6) is 5.75 Å². The topological polar surface area (TPSA) is 58.6 Å². The van der Waals surface area contributed by atoms with Crippen molar-refractivity contribution in [2.75, 3.05) is 19.6 Å². The fourth-order valence-electron chi connectivity index (χ4n) is 2.94. The van der Waals surface area contributed by atoms with Gasteiger partial charge in [0.25, 0.3) is 0 Å². The first-order valence-electron chi connectivity index (χ1n) is 8.74. The molecule has 2 rings (SSSR count). The molecule has 1 aromatic carbocycles. The first-order chi connectivity index (χ1) is 11.5. The summed E-state index contributed by atoms with van der Waals surface area (Å²) in [7, 11) is 0. The van der Waals surface area contributed by atoms with Crippen molar-refractivity contribution in [2.24, 2.45) is 5.92 Å². The second kappa shape index (κ2) is 8.71. The van der Waals surface area contributed by atoms with Gasteiger partial charge in [0.1, 0.15) is 5.75 Å². The highest BCUT2D eigenvalue weighted by molar-refractivity contribution is 5.79. The summed E-state index contributed by atoms with van der Waals surface area (Å²) < 4.78 is 5.62. The second-order valence-electron chi connectivity index (χ2n) is 6.63. The van der Waals surface area contributed by atoms with E-state index in [-0.39, 0.29) is 23.8 Å². The summed E-state index contributed by atoms with van der Waals surface area (Å²) >= 11 is 0. The lowest BCUT2D eigenvalue weighted by Gasteiger charge is -2.30. The van der Waals surface area contributed by atoms with Gasteiger partial charge in [-0.1, -0.05) is 12.1 Å². The zero-order chi connectivity index (χ0) is 17.5. The van der Waals surface area contributed by atoms with Gasteiger partial charge in [-0.2, -0.15) is 0 Å². The molecule has 0 atom stereocenters. The first kappa shape index (κ1) is 18.3. The van der Waals surface area contributed by atoms with Gasteiger partial charge in [0.2, 0.25) is 11.8 Å². The Morgan fingerprint density at radius 1 is 1.21 bits per heavy atom. The number of amides is 2. The van der Waals surface area contributed by atoms with Crippen LogP contribution in [0.2, 0.25) is 0 Å². The average Bonchev–Trinajstić information content (AvgIpc) is 2.56. The smallest absolute Gasteiger partial charge is 0.223 e. The lowest BCUT2D eigenvalue weighted by molar-refractivity contribution is -0.133. The Kier molecular flexibility index (Phi) is 6.64. The van der Waals surface area contributed by atoms with E-state index in [0.29, 0.717) is 19.6 Å². The number of hydrogen-bond acceptors (Lipinski definition) is 3. The molecule has 24 heavy (non-hydrogen) atoms. The highest BCUT2D eigenvalue weighted by Gasteiger charge is 2.25. The number of carbonyl (C=O) groups is 2. The van der Waals surface area contributed by atoms with Gasteiger partial charge < -0.3 is 15.0 Å². The number of carbonyl (C=O) groups excluding carboxylic acids is 2. The Morgan fingerprint density at radius 2 is 1.83 bits per heavy atom. The molecule has 1 aromatic rings. The first-order valence-corrected chi connectivity index (χ1v) is 8.74. The molecule has 1 aliphatic heterocycles. The van der Waals surface area contributed by atoms with Crippen LogP contribution in [0.4, 0.5) is 0 Å². The fraction of sp³-hybridized carbons (Fsp3) is 0.579. The second-order valence-corrected chi connectivity index (χ2v) is 6.63. The maximum Gasteiger partial charge on any atom is 0.223 e. The zero-order valence-corrected chi connectivity index (χ0v) is 14.9. The average molecular weight is 332 g/mol. The van der Waals surface area contributed by atoms with E-state index < -0.39 is 0 Å². The molecule has 0 unspecified atom stereocenters. The van der Waals surface area contributed by atoms with E-state index in [0.717, 1.165) is 25.0 Å². The maximum atomic E-state index is 12.2. The molecule has 0 radical (unpaired) electrons. The van der Waals surface area contributed by atoms with E-state index in [1.54, 1.807) is 6.92 Å². The van der Waals surface area contributed by atoms with Gasteiger partial charge in [-0.3, -0.25) is 9.59 Å². The summed E-state index contributed by atoms with van der Waals surface area (Å²) in [4.78, 5) is 25.3. The van der Waals surface area contributed by atoms with Gasteiger partial charge in [0.15, 0.2) is 0 Å². The number of hydrogen-bond donors (Lipinski definition) is 1. The summed E-state index contributed by atoms with van der Waals surface area (Å²) in [5.74, 6) is 1.11. The molecule has 1 aliphatic rings. The number of benzene rings is 1. The molecule has 1 heterocycles. The Morgan fingerprint density at radius 3 is 2.38 bits per heavy atom. The van der Waals surface area contributed by atoms with Gasteiger partial charge in [0, 0.05) is 32.5 Å². The minimum absolute atomic E-state index is 0.0300. The minimum atomic E-state index is 0.0300. The molecule has 1 saturated heterocycles. The Labute approximate surface area is 144 Å². The van der Waals surface area contributed by atoms with Crippen molar-refractivity contribution in [3.63, 3.8) is 0 Å². The number of likely N-dealkylation sites (tertiary alicyclic amines) is 1. The normalized spacial score (nSPS) is 15.4. The van der Waals surface area contributed by atoms with Crippen molar-refractivity contribution in [2.45, 2.75) is 46.1 Å². The van der Waals surface area contributed by atoms with Gasteiger partial charge in [-0.25, -0.2) is 0 Å². The molecule has 5 heteroatoms. The monoisotopic (exact) mass is 332 g/mol. The predicted octanol–water partition coefficient (Wildman–Crippen LogP) is 2.39. The van der Waals surface area contributed by atoms with Crippen molar-refractivity contribution in [1.82, 2.24) is 10.2 Å². The summed E-state index contributed by atoms with van der Waals surface area (Å²) in [5.41, 5.74) is 1.18. The molecular formula is C19H28N2O3. The largest absolute Gasteiger partial charge is 0.491 e. The molecule has 5 nitrogen and oxygen atoms in total. The van der Waals surface area contributed by atoms with Crippen molar-refractivity contribution < 1.29 is 14.3 Å². The van der Waals surface area contributed by atoms with Crippen molar-refractivity contribution in [3.8, 4) is 5.75 Å². The van der Waals surface area contributed by atoms with Gasteiger partial charge in [-0.05, 0) is 50.8 Å². The van der Waals surface area contributed by atoms with Crippen LogP contribution in [0, 0.1) is 5.92 Å². The van der Waals surface area contributed by atoms with E-state index in [1.807, 2.05) is 43.0 Å². The quantitative estimate of drug-likeness (QED) is 0.870. The maximum absolute atomic E-state index is 12.2. The van der Waals surface area contributed by atoms with E-state index in [1.165, 1.54) is 5.56 Å². The lowest BCUT2D eigenvalue weighted by atomic mass is 9.96. The standard InChI is InChI=1S/C19H28N2O3/c1-14(2)24-18-6-4-16(5-7-18)8-11-20-19(23)17-9-12-21(13-10-17)15(3)22/h4-7,14,17H,8-13H2,1-3H3,(H,20,23). The lowest BCUT2D eigenvalue weighted by Crippen LogP contribution is -2.42. The molecule has 0 saturated carbocycles. The predicted molar refractivity (Wildman–Crippen MR) is 93.9 cm³/mol. The number of nitrogens with one attached hydrogen (secondary N) is 1. The number of nitrogens with zero attached hydrogens (tertiary/aromatic N) is 1. The fourth-order valence-corrected chi connectivity index (χ4v) is 2.94. The van der Waals surface area contributed by atoms with E-state index in [2.05, 4.69) is 5.32 Å². The zero-order valence-electron chi connectivity index (χ0n) is 14.9. The number of rotatable bonds is 6. The van der Waals surface area contributed by atoms with Crippen LogP contribution in [0.1, 0.15) is 39.2 Å². The molecule has 0 aromatic heterocycles. The van der Waals surface area contributed by atoms with Crippen molar-refractivity contribution in [3.05, 3.63) is 29.8 Å². The summed E-state index contributed by atoms with van der Waals surface area (Å²) in [6.45, 7) is 7.60. The number of ether oxygens (including phenoxy) is 1. The van der Waals surface area contributed by atoms with Crippen LogP contribution in [-0.4, -0.2) is 42.5 Å². The van der Waals surface area contributed by atoms with Gasteiger partial charge in [-0.15, -0.1) is 0 Å². The molecule has 0 spiro atoms. The molecule has 0 bridgehead atoms. The van der Waals surface area contributed by atoms with Crippen LogP contribution >= 0.6 is 0 Å². The Balaban J connectivity index is 1.70. The third-order valence-corrected chi connectivity index (χ3v) is 4.32. The molecule has 1 fully saturated rings. The van der Waals surface area contributed by atoms with Crippen molar-refractivity contribution in [1.29, 1.82) is 0 Å². The van der Waals surface area contributed by atoms with E-state index >= 15 is 0 Å². The van der Waals surface area contributed by atoms with Crippen LogP contribution in [0.25, 0.3) is 0 Å². The molecule has 0 aliphatic carbocycles. The summed E-state index contributed by atoms with van der Waals surface area (Å²) in [5, 5.41) is 3.02. The third kappa shape index (κ3) is 5.55. The summed E-state index contributed by atoms with van der Waals surface area (Å²) in [6.07, 6.45) is 2.49. The SMILES string of the molecule is CC(=O)N1CCC(C(=O)NCCc2ccc(OC(C)C)cc2)CC1. The minimum Gasteiger partial charge on any atom is -0.491 e. The summed E-state index contributed by atoms with van der Waals surface area (Å²) in [6, 6.07) is 8.01. The Bertz CT molecular complexity index is 546. The number of piperidine rings is 1. The van der Waals surface area contributed by atoms with Crippen LogP contribution in [-0.2, 0) is 16.0 Å². The Hall–Kier alpha value is -2.04. The highest BCUT2D eigenvalue weighted by atomic mass is 16.5. The van der Waals surface area contributed by atoms with Crippen LogP contribution in [0.15, 0.2) is 24.3 Å². The molecule has 2 amide bonds. The highest BCUT2D eigenvalue weighted by Crippen LogP contribution is 2.17. The van der Waals surface area contributed by atoms with Gasteiger partial charge in [0.05, 0.1) is 6.10 Å².